The molecule has 3 rings (SSSR count). The number of amides is 2. The van der Waals surface area contributed by atoms with Gasteiger partial charge in [0.25, 0.3) is 0 Å². The first kappa shape index (κ1) is 19.2. The fourth-order valence-corrected chi connectivity index (χ4v) is 3.94. The first-order valence-electron chi connectivity index (χ1n) is 9.40. The van der Waals surface area contributed by atoms with Gasteiger partial charge in [-0.05, 0) is 31.7 Å². The van der Waals surface area contributed by atoms with Crippen molar-refractivity contribution in [2.45, 2.75) is 44.7 Å². The number of para-hydroxylation sites is 1. The van der Waals surface area contributed by atoms with E-state index in [2.05, 4.69) is 5.32 Å². The number of likely N-dealkylation sites (tertiary alicyclic amines) is 1. The van der Waals surface area contributed by atoms with Crippen LogP contribution in [0, 0.1) is 11.8 Å². The van der Waals surface area contributed by atoms with Crippen LogP contribution in [0.1, 0.15) is 37.7 Å². The van der Waals surface area contributed by atoms with E-state index in [1.807, 2.05) is 24.3 Å². The van der Waals surface area contributed by atoms with Gasteiger partial charge >= 0.3 is 5.97 Å². The van der Waals surface area contributed by atoms with E-state index >= 15 is 0 Å². The third-order valence-electron chi connectivity index (χ3n) is 5.56. The Morgan fingerprint density at radius 3 is 2.56 bits per heavy atom. The lowest BCUT2D eigenvalue weighted by molar-refractivity contribution is -0.143. The number of rotatable bonds is 6. The van der Waals surface area contributed by atoms with Gasteiger partial charge in [0.15, 0.2) is 0 Å². The SMILES string of the molecule is COc1ccccc1CN1CC(C(=O)NC2CCC(C(=O)O)CC2)CC1=O. The molecule has 0 spiro atoms. The minimum absolute atomic E-state index is 0.00599. The van der Waals surface area contributed by atoms with Crippen molar-refractivity contribution in [1.29, 1.82) is 0 Å². The summed E-state index contributed by atoms with van der Waals surface area (Å²) in [5, 5.41) is 12.1. The van der Waals surface area contributed by atoms with Gasteiger partial charge in [-0.25, -0.2) is 0 Å². The van der Waals surface area contributed by atoms with E-state index in [0.717, 1.165) is 11.3 Å². The Hall–Kier alpha value is -2.57. The summed E-state index contributed by atoms with van der Waals surface area (Å²) in [5.74, 6) is -0.825. The molecule has 0 aromatic heterocycles. The first-order chi connectivity index (χ1) is 13.0. The zero-order valence-corrected chi connectivity index (χ0v) is 15.5. The van der Waals surface area contributed by atoms with Gasteiger partial charge in [0, 0.05) is 31.1 Å². The van der Waals surface area contributed by atoms with Crippen molar-refractivity contribution in [3.8, 4) is 5.75 Å². The van der Waals surface area contributed by atoms with Crippen molar-refractivity contribution < 1.29 is 24.2 Å². The summed E-state index contributed by atoms with van der Waals surface area (Å²) >= 11 is 0. The second kappa shape index (κ2) is 8.41. The van der Waals surface area contributed by atoms with Crippen LogP contribution in [-0.4, -0.2) is 47.5 Å². The Morgan fingerprint density at radius 1 is 1.19 bits per heavy atom. The molecule has 27 heavy (non-hydrogen) atoms. The average molecular weight is 374 g/mol. The second-order valence-electron chi connectivity index (χ2n) is 7.38. The highest BCUT2D eigenvalue weighted by Crippen LogP contribution is 2.27. The van der Waals surface area contributed by atoms with Crippen molar-refractivity contribution in [1.82, 2.24) is 10.2 Å². The zero-order valence-electron chi connectivity index (χ0n) is 15.5. The van der Waals surface area contributed by atoms with Crippen molar-refractivity contribution >= 4 is 17.8 Å². The van der Waals surface area contributed by atoms with E-state index in [-0.39, 0.29) is 36.1 Å². The van der Waals surface area contributed by atoms with E-state index in [9.17, 15) is 14.4 Å². The van der Waals surface area contributed by atoms with Crippen LogP contribution in [-0.2, 0) is 20.9 Å². The van der Waals surface area contributed by atoms with E-state index < -0.39 is 5.97 Å². The molecule has 2 N–H and O–H groups in total. The van der Waals surface area contributed by atoms with E-state index in [4.69, 9.17) is 9.84 Å². The Labute approximate surface area is 158 Å². The molecule has 1 aliphatic heterocycles. The molecule has 1 aromatic rings. The predicted molar refractivity (Wildman–Crippen MR) is 98.0 cm³/mol. The molecule has 1 heterocycles. The van der Waals surface area contributed by atoms with Crippen LogP contribution in [0.4, 0.5) is 0 Å². The molecule has 2 amide bonds. The lowest BCUT2D eigenvalue weighted by Gasteiger charge is -2.27. The predicted octanol–water partition coefficient (Wildman–Crippen LogP) is 1.80. The quantitative estimate of drug-likeness (QED) is 0.792. The second-order valence-corrected chi connectivity index (χ2v) is 7.38. The highest BCUT2D eigenvalue weighted by molar-refractivity contribution is 5.89. The minimum Gasteiger partial charge on any atom is -0.496 e. The summed E-state index contributed by atoms with van der Waals surface area (Å²) in [5.41, 5.74) is 0.918. The molecule has 2 aliphatic rings. The Balaban J connectivity index is 1.52. The number of hydrogen-bond donors (Lipinski definition) is 2. The number of carboxylic acids is 1. The maximum atomic E-state index is 12.6. The Morgan fingerprint density at radius 2 is 1.89 bits per heavy atom. The fourth-order valence-electron chi connectivity index (χ4n) is 3.94. The van der Waals surface area contributed by atoms with Crippen LogP contribution < -0.4 is 10.1 Å². The lowest BCUT2D eigenvalue weighted by Crippen LogP contribution is -2.42. The van der Waals surface area contributed by atoms with Gasteiger partial charge in [0.2, 0.25) is 11.8 Å². The van der Waals surface area contributed by atoms with Crippen LogP contribution in [0.3, 0.4) is 0 Å². The van der Waals surface area contributed by atoms with Crippen LogP contribution in [0.25, 0.3) is 0 Å². The highest BCUT2D eigenvalue weighted by atomic mass is 16.5. The normalized spacial score (nSPS) is 25.3. The van der Waals surface area contributed by atoms with Crippen molar-refractivity contribution in [3.63, 3.8) is 0 Å². The van der Waals surface area contributed by atoms with Gasteiger partial charge in [-0.3, -0.25) is 14.4 Å². The number of nitrogens with zero attached hydrogens (tertiary/aromatic N) is 1. The number of nitrogens with one attached hydrogen (secondary N) is 1. The van der Waals surface area contributed by atoms with Gasteiger partial charge in [0.05, 0.1) is 18.9 Å². The summed E-state index contributed by atoms with van der Waals surface area (Å²) in [6, 6.07) is 7.56. The molecule has 7 heteroatoms. The van der Waals surface area contributed by atoms with Gasteiger partial charge in [-0.2, -0.15) is 0 Å². The average Bonchev–Trinajstić information content (AvgIpc) is 3.03. The molecule has 1 unspecified atom stereocenters. The molecular weight excluding hydrogens is 348 g/mol. The number of ether oxygens (including phenoxy) is 1. The van der Waals surface area contributed by atoms with Gasteiger partial charge in [-0.1, -0.05) is 18.2 Å². The Kier molecular flexibility index (Phi) is 5.98. The van der Waals surface area contributed by atoms with Crippen molar-refractivity contribution in [3.05, 3.63) is 29.8 Å². The molecule has 1 aliphatic carbocycles. The standard InChI is InChI=1S/C20H26N2O5/c1-27-17-5-3-2-4-14(17)11-22-12-15(10-18(22)23)19(24)21-16-8-6-13(7-9-16)20(25)26/h2-5,13,15-16H,6-12H2,1H3,(H,21,24)(H,25,26). The molecule has 0 bridgehead atoms. The van der Waals surface area contributed by atoms with Crippen LogP contribution in [0.5, 0.6) is 5.75 Å². The molecule has 1 atom stereocenters. The fraction of sp³-hybridized carbons (Fsp3) is 0.550. The molecule has 1 saturated carbocycles. The van der Waals surface area contributed by atoms with E-state index in [1.165, 1.54) is 0 Å². The van der Waals surface area contributed by atoms with Crippen molar-refractivity contribution in [2.75, 3.05) is 13.7 Å². The number of methoxy groups -OCH3 is 1. The first-order valence-corrected chi connectivity index (χ1v) is 9.40. The maximum Gasteiger partial charge on any atom is 0.306 e. The molecule has 7 nitrogen and oxygen atoms in total. The number of benzene rings is 1. The third-order valence-corrected chi connectivity index (χ3v) is 5.56. The molecule has 1 saturated heterocycles. The summed E-state index contributed by atoms with van der Waals surface area (Å²) in [6.07, 6.45) is 2.74. The largest absolute Gasteiger partial charge is 0.496 e. The highest BCUT2D eigenvalue weighted by Gasteiger charge is 2.36. The summed E-state index contributed by atoms with van der Waals surface area (Å²) in [6.45, 7) is 0.823. The summed E-state index contributed by atoms with van der Waals surface area (Å²) in [4.78, 5) is 37.6. The number of carbonyl (C=O) groups is 3. The number of aliphatic carboxylic acids is 1. The van der Waals surface area contributed by atoms with Gasteiger partial charge in [0.1, 0.15) is 5.75 Å². The molecule has 146 valence electrons. The third kappa shape index (κ3) is 4.59. The van der Waals surface area contributed by atoms with E-state index in [1.54, 1.807) is 12.0 Å². The summed E-state index contributed by atoms with van der Waals surface area (Å²) < 4.78 is 5.33. The number of carboxylic acid groups (broad SMARTS) is 1. The van der Waals surface area contributed by atoms with Gasteiger partial charge < -0.3 is 20.1 Å². The lowest BCUT2D eigenvalue weighted by atomic mass is 9.86. The van der Waals surface area contributed by atoms with Crippen LogP contribution in [0.15, 0.2) is 24.3 Å². The monoisotopic (exact) mass is 374 g/mol. The van der Waals surface area contributed by atoms with E-state index in [0.29, 0.717) is 38.8 Å². The maximum absolute atomic E-state index is 12.6. The number of carbonyl (C=O) groups excluding carboxylic acids is 2. The van der Waals surface area contributed by atoms with Crippen LogP contribution in [0.2, 0.25) is 0 Å². The van der Waals surface area contributed by atoms with Crippen molar-refractivity contribution in [2.24, 2.45) is 11.8 Å². The molecular formula is C20H26N2O5. The Bertz CT molecular complexity index is 712. The van der Waals surface area contributed by atoms with Crippen LogP contribution >= 0.6 is 0 Å². The molecule has 0 radical (unpaired) electrons. The van der Waals surface area contributed by atoms with Gasteiger partial charge in [-0.15, -0.1) is 0 Å². The molecule has 2 fully saturated rings. The number of hydrogen-bond acceptors (Lipinski definition) is 4. The minimum atomic E-state index is -0.756. The summed E-state index contributed by atoms with van der Waals surface area (Å²) in [7, 11) is 1.60. The smallest absolute Gasteiger partial charge is 0.306 e. The molecule has 1 aromatic carbocycles. The topological polar surface area (TPSA) is 95.9 Å². The zero-order chi connectivity index (χ0) is 19.4.